The van der Waals surface area contributed by atoms with Gasteiger partial charge in [0.1, 0.15) is 0 Å². The number of aryl methyl sites for hydroxylation is 1. The Morgan fingerprint density at radius 2 is 1.69 bits per heavy atom. The van der Waals surface area contributed by atoms with Crippen LogP contribution in [0.1, 0.15) is 36.0 Å². The smallest absolute Gasteiger partial charge is 0.00991 e. The second-order valence-corrected chi connectivity index (χ2v) is 4.59. The van der Waals surface area contributed by atoms with Crippen LogP contribution in [0.3, 0.4) is 0 Å². The molecule has 0 saturated carbocycles. The van der Waals surface area contributed by atoms with Crippen molar-refractivity contribution in [3.05, 3.63) is 59.2 Å². The first-order valence-corrected chi connectivity index (χ1v) is 6.01. The first kappa shape index (κ1) is 9.65. The number of rotatable bonds is 1. The summed E-state index contributed by atoms with van der Waals surface area (Å²) in [6.45, 7) is 4.49. The largest absolute Gasteiger partial charge is 0.0645 e. The molecular weight excluding hydrogens is 192 g/mol. The van der Waals surface area contributed by atoms with Gasteiger partial charge in [0.25, 0.3) is 0 Å². The molecule has 3 rings (SSSR count). The number of hydrogen-bond donors (Lipinski definition) is 0. The number of hydrogen-bond acceptors (Lipinski definition) is 0. The first-order chi connectivity index (χ1) is 7.83. The average molecular weight is 208 g/mol. The van der Waals surface area contributed by atoms with Crippen molar-refractivity contribution >= 4 is 0 Å². The predicted octanol–water partition coefficient (Wildman–Crippen LogP) is 4.52. The number of fused-ring (bicyclic) bond motifs is 3. The minimum atomic E-state index is 0.603. The molecule has 1 aliphatic carbocycles. The lowest BCUT2D eigenvalue weighted by atomic mass is 9.94. The van der Waals surface area contributed by atoms with Gasteiger partial charge in [0.2, 0.25) is 0 Å². The summed E-state index contributed by atoms with van der Waals surface area (Å²) in [5, 5.41) is 0. The SMILES string of the molecule is CCC1c2ccccc2-c2c(C)cccc21. The molecule has 0 amide bonds. The summed E-state index contributed by atoms with van der Waals surface area (Å²) in [5.74, 6) is 0.603. The first-order valence-electron chi connectivity index (χ1n) is 6.01. The molecule has 80 valence electrons. The standard InChI is InChI=1S/C16H16/c1-3-12-13-8-4-5-9-15(13)16-11(2)7-6-10-14(12)16/h4-10,12H,3H2,1-2H3. The monoisotopic (exact) mass is 208 g/mol. The van der Waals surface area contributed by atoms with Gasteiger partial charge in [0.15, 0.2) is 0 Å². The van der Waals surface area contributed by atoms with Crippen LogP contribution in [0.2, 0.25) is 0 Å². The van der Waals surface area contributed by atoms with Crippen LogP contribution >= 0.6 is 0 Å². The second-order valence-electron chi connectivity index (χ2n) is 4.59. The van der Waals surface area contributed by atoms with Gasteiger partial charge < -0.3 is 0 Å². The Hall–Kier alpha value is -1.56. The molecule has 0 aromatic heterocycles. The summed E-state index contributed by atoms with van der Waals surface area (Å²) in [6, 6.07) is 15.5. The van der Waals surface area contributed by atoms with E-state index in [1.807, 2.05) is 0 Å². The third-order valence-corrected chi connectivity index (χ3v) is 3.69. The molecule has 2 aromatic rings. The Morgan fingerprint density at radius 1 is 0.938 bits per heavy atom. The van der Waals surface area contributed by atoms with Crippen molar-refractivity contribution in [3.63, 3.8) is 0 Å². The third kappa shape index (κ3) is 1.16. The van der Waals surface area contributed by atoms with Gasteiger partial charge in [0.05, 0.1) is 0 Å². The zero-order valence-corrected chi connectivity index (χ0v) is 9.83. The van der Waals surface area contributed by atoms with Crippen LogP contribution in [-0.2, 0) is 0 Å². The Labute approximate surface area is 96.9 Å². The van der Waals surface area contributed by atoms with E-state index in [9.17, 15) is 0 Å². The molecule has 2 aromatic carbocycles. The van der Waals surface area contributed by atoms with Gasteiger partial charge in [-0.3, -0.25) is 0 Å². The molecule has 0 spiro atoms. The van der Waals surface area contributed by atoms with Gasteiger partial charge in [-0.2, -0.15) is 0 Å². The molecule has 0 N–H and O–H groups in total. The zero-order chi connectivity index (χ0) is 11.1. The maximum Gasteiger partial charge on any atom is 0.00991 e. The lowest BCUT2D eigenvalue weighted by Crippen LogP contribution is -1.93. The molecule has 0 aliphatic heterocycles. The molecule has 0 bridgehead atoms. The highest BCUT2D eigenvalue weighted by Gasteiger charge is 2.27. The van der Waals surface area contributed by atoms with Crippen LogP contribution < -0.4 is 0 Å². The van der Waals surface area contributed by atoms with Crippen molar-refractivity contribution in [2.45, 2.75) is 26.2 Å². The normalized spacial score (nSPS) is 17.0. The summed E-state index contributed by atoms with van der Waals surface area (Å²) < 4.78 is 0. The Kier molecular flexibility index (Phi) is 2.10. The maximum absolute atomic E-state index is 2.29. The molecular formula is C16H16. The third-order valence-electron chi connectivity index (χ3n) is 3.69. The Bertz CT molecular complexity index is 537. The molecule has 0 saturated heterocycles. The van der Waals surface area contributed by atoms with E-state index in [4.69, 9.17) is 0 Å². The van der Waals surface area contributed by atoms with Crippen molar-refractivity contribution in [2.75, 3.05) is 0 Å². The topological polar surface area (TPSA) is 0 Å². The summed E-state index contributed by atoms with van der Waals surface area (Å²) in [6.07, 6.45) is 1.19. The van der Waals surface area contributed by atoms with E-state index in [0.717, 1.165) is 0 Å². The summed E-state index contributed by atoms with van der Waals surface area (Å²) in [5.41, 5.74) is 7.35. The van der Waals surface area contributed by atoms with E-state index in [2.05, 4.69) is 56.3 Å². The van der Waals surface area contributed by atoms with Crippen molar-refractivity contribution in [1.29, 1.82) is 0 Å². The van der Waals surface area contributed by atoms with E-state index in [-0.39, 0.29) is 0 Å². The molecule has 0 heterocycles. The minimum Gasteiger partial charge on any atom is -0.0645 e. The van der Waals surface area contributed by atoms with Crippen LogP contribution in [0.25, 0.3) is 11.1 Å². The van der Waals surface area contributed by atoms with Gasteiger partial charge >= 0.3 is 0 Å². The Balaban J connectivity index is 2.35. The fourth-order valence-electron chi connectivity index (χ4n) is 2.98. The van der Waals surface area contributed by atoms with Crippen LogP contribution in [0.15, 0.2) is 42.5 Å². The van der Waals surface area contributed by atoms with Crippen LogP contribution in [0.4, 0.5) is 0 Å². The van der Waals surface area contributed by atoms with Crippen molar-refractivity contribution in [3.8, 4) is 11.1 Å². The fourth-order valence-corrected chi connectivity index (χ4v) is 2.98. The predicted molar refractivity (Wildman–Crippen MR) is 68.7 cm³/mol. The van der Waals surface area contributed by atoms with Gasteiger partial charge in [-0.25, -0.2) is 0 Å². The zero-order valence-electron chi connectivity index (χ0n) is 9.83. The van der Waals surface area contributed by atoms with Gasteiger partial charge in [0, 0.05) is 5.92 Å². The molecule has 0 fully saturated rings. The van der Waals surface area contributed by atoms with Crippen LogP contribution in [0, 0.1) is 6.92 Å². The van der Waals surface area contributed by atoms with E-state index < -0.39 is 0 Å². The van der Waals surface area contributed by atoms with E-state index in [1.54, 1.807) is 0 Å². The lowest BCUT2D eigenvalue weighted by molar-refractivity contribution is 0.797. The lowest BCUT2D eigenvalue weighted by Gasteiger charge is -2.10. The van der Waals surface area contributed by atoms with E-state index in [1.165, 1.54) is 34.2 Å². The van der Waals surface area contributed by atoms with Crippen molar-refractivity contribution in [2.24, 2.45) is 0 Å². The maximum atomic E-state index is 2.29. The van der Waals surface area contributed by atoms with Gasteiger partial charge in [-0.1, -0.05) is 49.4 Å². The molecule has 1 atom stereocenters. The van der Waals surface area contributed by atoms with Crippen LogP contribution in [-0.4, -0.2) is 0 Å². The van der Waals surface area contributed by atoms with Crippen molar-refractivity contribution < 1.29 is 0 Å². The highest BCUT2D eigenvalue weighted by atomic mass is 14.3. The summed E-state index contributed by atoms with van der Waals surface area (Å²) in [4.78, 5) is 0. The molecule has 1 unspecified atom stereocenters. The minimum absolute atomic E-state index is 0.603. The highest BCUT2D eigenvalue weighted by molar-refractivity contribution is 5.81. The second kappa shape index (κ2) is 3.48. The molecule has 0 nitrogen and oxygen atoms in total. The molecule has 1 aliphatic rings. The Morgan fingerprint density at radius 3 is 2.50 bits per heavy atom. The van der Waals surface area contributed by atoms with Gasteiger partial charge in [-0.15, -0.1) is 0 Å². The van der Waals surface area contributed by atoms with E-state index >= 15 is 0 Å². The van der Waals surface area contributed by atoms with Crippen LogP contribution in [0.5, 0.6) is 0 Å². The fraction of sp³-hybridized carbons (Fsp3) is 0.250. The summed E-state index contributed by atoms with van der Waals surface area (Å²) >= 11 is 0. The highest BCUT2D eigenvalue weighted by Crippen LogP contribution is 2.47. The number of benzene rings is 2. The average Bonchev–Trinajstić information content (AvgIpc) is 2.64. The molecule has 0 radical (unpaired) electrons. The van der Waals surface area contributed by atoms with Crippen molar-refractivity contribution in [1.82, 2.24) is 0 Å². The molecule has 0 heteroatoms. The quantitative estimate of drug-likeness (QED) is 0.646. The van der Waals surface area contributed by atoms with E-state index in [0.29, 0.717) is 5.92 Å². The molecule has 16 heavy (non-hydrogen) atoms. The summed E-state index contributed by atoms with van der Waals surface area (Å²) in [7, 11) is 0. The van der Waals surface area contributed by atoms with Gasteiger partial charge in [-0.05, 0) is 41.2 Å².